The standard InChI is InChI=1S/C9H15N3O2S/c1-11-8(13)7-5(10)6(14-4)9(15-7)12(2)3/h10H2,1-4H3,(H,11,13). The highest BCUT2D eigenvalue weighted by Crippen LogP contribution is 2.43. The number of hydrogen-bond acceptors (Lipinski definition) is 5. The second kappa shape index (κ2) is 4.39. The molecule has 0 aliphatic carbocycles. The van der Waals surface area contributed by atoms with Crippen LogP contribution in [0.25, 0.3) is 0 Å². The second-order valence-electron chi connectivity index (χ2n) is 3.16. The van der Waals surface area contributed by atoms with Crippen molar-refractivity contribution in [1.29, 1.82) is 0 Å². The number of ether oxygens (including phenoxy) is 1. The van der Waals surface area contributed by atoms with Crippen molar-refractivity contribution in [2.24, 2.45) is 0 Å². The largest absolute Gasteiger partial charge is 0.492 e. The third-order valence-corrected chi connectivity index (χ3v) is 3.28. The Hall–Kier alpha value is -1.43. The van der Waals surface area contributed by atoms with Gasteiger partial charge in [-0.25, -0.2) is 0 Å². The smallest absolute Gasteiger partial charge is 0.263 e. The van der Waals surface area contributed by atoms with E-state index in [0.29, 0.717) is 16.3 Å². The monoisotopic (exact) mass is 229 g/mol. The van der Waals surface area contributed by atoms with Crippen molar-refractivity contribution in [3.63, 3.8) is 0 Å². The molecule has 15 heavy (non-hydrogen) atoms. The van der Waals surface area contributed by atoms with Gasteiger partial charge in [0, 0.05) is 21.1 Å². The SMILES string of the molecule is CNC(=O)c1sc(N(C)C)c(OC)c1N. The maximum Gasteiger partial charge on any atom is 0.263 e. The highest BCUT2D eigenvalue weighted by Gasteiger charge is 2.21. The number of nitrogens with one attached hydrogen (secondary N) is 1. The first-order chi connectivity index (χ1) is 7.02. The summed E-state index contributed by atoms with van der Waals surface area (Å²) in [5.41, 5.74) is 6.22. The first-order valence-corrected chi connectivity index (χ1v) is 5.20. The van der Waals surface area contributed by atoms with Crippen LogP contribution in [0.5, 0.6) is 5.75 Å². The first-order valence-electron chi connectivity index (χ1n) is 4.38. The maximum absolute atomic E-state index is 11.5. The van der Waals surface area contributed by atoms with E-state index < -0.39 is 0 Å². The minimum atomic E-state index is -0.191. The van der Waals surface area contributed by atoms with Crippen molar-refractivity contribution in [2.75, 3.05) is 38.9 Å². The molecule has 0 fully saturated rings. The Morgan fingerprint density at radius 2 is 2.13 bits per heavy atom. The van der Waals surface area contributed by atoms with Crippen molar-refractivity contribution in [3.8, 4) is 5.75 Å². The average molecular weight is 229 g/mol. The van der Waals surface area contributed by atoms with Crippen LogP contribution >= 0.6 is 11.3 Å². The summed E-state index contributed by atoms with van der Waals surface area (Å²) >= 11 is 1.32. The van der Waals surface area contributed by atoms with E-state index in [1.54, 1.807) is 14.2 Å². The van der Waals surface area contributed by atoms with Gasteiger partial charge in [0.1, 0.15) is 15.6 Å². The van der Waals surface area contributed by atoms with Gasteiger partial charge in [-0.1, -0.05) is 0 Å². The van der Waals surface area contributed by atoms with Crippen LogP contribution in [0, 0.1) is 0 Å². The Labute approximate surface area is 92.8 Å². The Bertz CT molecular complexity index is 374. The van der Waals surface area contributed by atoms with Gasteiger partial charge in [-0.15, -0.1) is 11.3 Å². The lowest BCUT2D eigenvalue weighted by Crippen LogP contribution is -2.17. The Morgan fingerprint density at radius 1 is 1.53 bits per heavy atom. The lowest BCUT2D eigenvalue weighted by atomic mass is 10.3. The second-order valence-corrected chi connectivity index (χ2v) is 4.16. The molecule has 0 radical (unpaired) electrons. The molecule has 1 amide bonds. The molecule has 1 aromatic heterocycles. The molecule has 0 aliphatic rings. The van der Waals surface area contributed by atoms with E-state index in [9.17, 15) is 4.79 Å². The number of amides is 1. The lowest BCUT2D eigenvalue weighted by Gasteiger charge is -2.11. The predicted molar refractivity (Wildman–Crippen MR) is 63.0 cm³/mol. The number of methoxy groups -OCH3 is 1. The van der Waals surface area contributed by atoms with Crippen LogP contribution in [0.1, 0.15) is 9.67 Å². The van der Waals surface area contributed by atoms with Crippen LogP contribution in [-0.4, -0.2) is 34.2 Å². The summed E-state index contributed by atoms with van der Waals surface area (Å²) < 4.78 is 5.18. The summed E-state index contributed by atoms with van der Waals surface area (Å²) in [7, 11) is 6.87. The normalized spacial score (nSPS) is 9.87. The van der Waals surface area contributed by atoms with Crippen LogP contribution in [0.15, 0.2) is 0 Å². The summed E-state index contributed by atoms with van der Waals surface area (Å²) in [6.07, 6.45) is 0. The van der Waals surface area contributed by atoms with Crippen molar-refractivity contribution in [3.05, 3.63) is 4.88 Å². The molecular formula is C9H15N3O2S. The third kappa shape index (κ3) is 1.99. The number of hydrogen-bond donors (Lipinski definition) is 2. The number of carbonyl (C=O) groups excluding carboxylic acids is 1. The van der Waals surface area contributed by atoms with Gasteiger partial charge in [0.15, 0.2) is 5.75 Å². The average Bonchev–Trinajstić information content (AvgIpc) is 2.54. The Balaban J connectivity index is 3.27. The fourth-order valence-corrected chi connectivity index (χ4v) is 2.25. The van der Waals surface area contributed by atoms with Crippen molar-refractivity contribution >= 4 is 27.9 Å². The van der Waals surface area contributed by atoms with E-state index in [-0.39, 0.29) is 5.91 Å². The maximum atomic E-state index is 11.5. The zero-order chi connectivity index (χ0) is 11.6. The molecule has 1 heterocycles. The van der Waals surface area contributed by atoms with Crippen LogP contribution in [-0.2, 0) is 0 Å². The topological polar surface area (TPSA) is 67.6 Å². The highest BCUT2D eigenvalue weighted by molar-refractivity contribution is 7.19. The summed E-state index contributed by atoms with van der Waals surface area (Å²) in [5.74, 6) is 0.368. The Morgan fingerprint density at radius 3 is 2.47 bits per heavy atom. The van der Waals surface area contributed by atoms with Gasteiger partial charge >= 0.3 is 0 Å². The summed E-state index contributed by atoms with van der Waals surface area (Å²) in [6, 6.07) is 0. The highest BCUT2D eigenvalue weighted by atomic mass is 32.1. The van der Waals surface area contributed by atoms with Gasteiger partial charge in [-0.05, 0) is 0 Å². The fraction of sp³-hybridized carbons (Fsp3) is 0.444. The van der Waals surface area contributed by atoms with Crippen LogP contribution in [0.2, 0.25) is 0 Å². The number of rotatable bonds is 3. The number of nitrogens with zero attached hydrogens (tertiary/aromatic N) is 1. The predicted octanol–water partition coefficient (Wildman–Crippen LogP) is 0.764. The minimum absolute atomic E-state index is 0.191. The quantitative estimate of drug-likeness (QED) is 0.803. The molecule has 84 valence electrons. The molecule has 0 saturated heterocycles. The molecule has 0 spiro atoms. The van der Waals surface area contributed by atoms with Gasteiger partial charge in [-0.2, -0.15) is 0 Å². The number of nitrogen functional groups attached to an aromatic ring is 1. The summed E-state index contributed by atoms with van der Waals surface area (Å²) in [4.78, 5) is 13.8. The van der Waals surface area contributed by atoms with E-state index in [2.05, 4.69) is 5.32 Å². The van der Waals surface area contributed by atoms with Gasteiger partial charge in [-0.3, -0.25) is 4.79 Å². The number of thiophene rings is 1. The van der Waals surface area contributed by atoms with E-state index in [1.807, 2.05) is 19.0 Å². The van der Waals surface area contributed by atoms with Gasteiger partial charge < -0.3 is 20.7 Å². The zero-order valence-electron chi connectivity index (χ0n) is 9.25. The van der Waals surface area contributed by atoms with Gasteiger partial charge in [0.25, 0.3) is 5.91 Å². The van der Waals surface area contributed by atoms with Crippen molar-refractivity contribution in [2.45, 2.75) is 0 Å². The fourth-order valence-electron chi connectivity index (χ4n) is 1.19. The molecule has 0 bridgehead atoms. The van der Waals surface area contributed by atoms with E-state index >= 15 is 0 Å². The molecule has 1 aromatic rings. The molecule has 6 heteroatoms. The number of nitrogens with two attached hydrogens (primary N) is 1. The molecule has 0 unspecified atom stereocenters. The van der Waals surface area contributed by atoms with E-state index in [4.69, 9.17) is 10.5 Å². The van der Waals surface area contributed by atoms with Gasteiger partial charge in [0.05, 0.1) is 7.11 Å². The molecule has 0 aliphatic heterocycles. The minimum Gasteiger partial charge on any atom is -0.492 e. The van der Waals surface area contributed by atoms with Crippen molar-refractivity contribution in [1.82, 2.24) is 5.32 Å². The van der Waals surface area contributed by atoms with E-state index in [1.165, 1.54) is 11.3 Å². The number of anilines is 2. The molecular weight excluding hydrogens is 214 g/mol. The summed E-state index contributed by atoms with van der Waals surface area (Å²) in [5, 5.41) is 3.38. The summed E-state index contributed by atoms with van der Waals surface area (Å²) in [6.45, 7) is 0. The molecule has 1 rings (SSSR count). The molecule has 3 N–H and O–H groups in total. The third-order valence-electron chi connectivity index (χ3n) is 1.93. The molecule has 0 saturated carbocycles. The molecule has 5 nitrogen and oxygen atoms in total. The van der Waals surface area contributed by atoms with Crippen molar-refractivity contribution < 1.29 is 9.53 Å². The molecule has 0 aromatic carbocycles. The van der Waals surface area contributed by atoms with Crippen LogP contribution in [0.3, 0.4) is 0 Å². The van der Waals surface area contributed by atoms with Crippen LogP contribution < -0.4 is 20.7 Å². The zero-order valence-corrected chi connectivity index (χ0v) is 10.1. The Kier molecular flexibility index (Phi) is 3.41. The van der Waals surface area contributed by atoms with Gasteiger partial charge in [0.2, 0.25) is 0 Å². The lowest BCUT2D eigenvalue weighted by molar-refractivity contribution is 0.0967. The first kappa shape index (κ1) is 11.6. The van der Waals surface area contributed by atoms with Crippen LogP contribution in [0.4, 0.5) is 10.7 Å². The van der Waals surface area contributed by atoms with E-state index in [0.717, 1.165) is 5.00 Å². The number of carbonyl (C=O) groups is 1. The molecule has 0 atom stereocenters.